The number of fused-ring (bicyclic) bond motifs is 1. The van der Waals surface area contributed by atoms with Crippen LogP contribution in [0.1, 0.15) is 61.0 Å². The topological polar surface area (TPSA) is 30.7 Å². The van der Waals surface area contributed by atoms with Crippen molar-refractivity contribution >= 4 is 22.6 Å². The molecule has 2 aromatic carbocycles. The Labute approximate surface area is 178 Å². The molecule has 0 atom stereocenters. The number of hydrogen-bond acceptors (Lipinski definition) is 2. The van der Waals surface area contributed by atoms with Crippen LogP contribution in [-0.2, 0) is 6.42 Å². The van der Waals surface area contributed by atoms with Gasteiger partial charge in [-0.05, 0) is 65.8 Å². The van der Waals surface area contributed by atoms with Gasteiger partial charge in [0.15, 0.2) is 0 Å². The van der Waals surface area contributed by atoms with E-state index in [9.17, 15) is 0 Å². The molecule has 0 saturated heterocycles. The van der Waals surface area contributed by atoms with Gasteiger partial charge >= 0.3 is 0 Å². The van der Waals surface area contributed by atoms with Crippen molar-refractivity contribution in [2.75, 3.05) is 0 Å². The molecule has 0 aliphatic heterocycles. The molecule has 0 bridgehead atoms. The molecule has 1 saturated carbocycles. The quantitative estimate of drug-likeness (QED) is 0.378. The van der Waals surface area contributed by atoms with E-state index in [4.69, 9.17) is 5.10 Å². The molecule has 2 aromatic heterocycles. The summed E-state index contributed by atoms with van der Waals surface area (Å²) in [6, 6.07) is 22.2. The molecule has 30 heavy (non-hydrogen) atoms. The average molecular weight is 394 g/mol. The molecule has 1 fully saturated rings. The van der Waals surface area contributed by atoms with Gasteiger partial charge in [0.1, 0.15) is 0 Å². The SMILES string of the molecule is CCc1nn(C2CCCC2)c2cc(/C(=C\c3ccncc3)c3ccccc3)ccc12. The molecule has 5 rings (SSSR count). The Morgan fingerprint density at radius 1 is 0.967 bits per heavy atom. The molecular weight excluding hydrogens is 366 g/mol. The summed E-state index contributed by atoms with van der Waals surface area (Å²) >= 11 is 0. The van der Waals surface area contributed by atoms with Crippen LogP contribution in [0, 0.1) is 0 Å². The first-order valence-corrected chi connectivity index (χ1v) is 11.0. The highest BCUT2D eigenvalue weighted by molar-refractivity contribution is 5.95. The molecule has 0 spiro atoms. The Bertz CT molecular complexity index is 1170. The van der Waals surface area contributed by atoms with Gasteiger partial charge in [0, 0.05) is 17.8 Å². The van der Waals surface area contributed by atoms with Crippen LogP contribution >= 0.6 is 0 Å². The van der Waals surface area contributed by atoms with Gasteiger partial charge in [-0.25, -0.2) is 0 Å². The molecule has 4 aromatic rings. The number of rotatable bonds is 5. The van der Waals surface area contributed by atoms with Gasteiger partial charge in [0.25, 0.3) is 0 Å². The second kappa shape index (κ2) is 8.27. The Balaban J connectivity index is 1.68. The second-order valence-electron chi connectivity index (χ2n) is 8.12. The van der Waals surface area contributed by atoms with E-state index < -0.39 is 0 Å². The molecule has 3 heteroatoms. The zero-order chi connectivity index (χ0) is 20.3. The molecule has 150 valence electrons. The van der Waals surface area contributed by atoms with Crippen molar-refractivity contribution < 1.29 is 0 Å². The van der Waals surface area contributed by atoms with E-state index in [1.807, 2.05) is 12.4 Å². The minimum absolute atomic E-state index is 0.535. The van der Waals surface area contributed by atoms with Gasteiger partial charge in [0.05, 0.1) is 17.3 Å². The van der Waals surface area contributed by atoms with E-state index >= 15 is 0 Å². The highest BCUT2D eigenvalue weighted by Gasteiger charge is 2.21. The van der Waals surface area contributed by atoms with Crippen molar-refractivity contribution in [2.24, 2.45) is 0 Å². The van der Waals surface area contributed by atoms with Crippen LogP contribution in [0.5, 0.6) is 0 Å². The summed E-state index contributed by atoms with van der Waals surface area (Å²) in [6.45, 7) is 2.20. The molecule has 2 heterocycles. The summed E-state index contributed by atoms with van der Waals surface area (Å²) in [7, 11) is 0. The number of benzene rings is 2. The normalized spacial score (nSPS) is 15.2. The molecule has 0 radical (unpaired) electrons. The Morgan fingerprint density at radius 3 is 2.47 bits per heavy atom. The smallest absolute Gasteiger partial charge is 0.0700 e. The van der Waals surface area contributed by atoms with E-state index in [2.05, 4.69) is 83.3 Å². The predicted molar refractivity (Wildman–Crippen MR) is 124 cm³/mol. The summed E-state index contributed by atoms with van der Waals surface area (Å²) in [5, 5.41) is 6.33. The summed E-state index contributed by atoms with van der Waals surface area (Å²) in [4.78, 5) is 4.17. The standard InChI is InChI=1S/C27H27N3/c1-2-26-24-13-12-22(19-27(24)30(29-26)23-10-6-7-11-23)25(21-8-4-3-5-9-21)18-20-14-16-28-17-15-20/h3-5,8-9,12-19,23H,2,6-7,10-11H2,1H3/b25-18-. The Morgan fingerprint density at radius 2 is 1.73 bits per heavy atom. The van der Waals surface area contributed by atoms with Gasteiger partial charge in [0.2, 0.25) is 0 Å². The fourth-order valence-electron chi connectivity index (χ4n) is 4.64. The van der Waals surface area contributed by atoms with E-state index in [-0.39, 0.29) is 0 Å². The van der Waals surface area contributed by atoms with E-state index in [1.165, 1.54) is 59.0 Å². The largest absolute Gasteiger partial charge is 0.265 e. The van der Waals surface area contributed by atoms with Crippen LogP contribution in [0.25, 0.3) is 22.6 Å². The maximum Gasteiger partial charge on any atom is 0.0700 e. The zero-order valence-electron chi connectivity index (χ0n) is 17.5. The summed E-state index contributed by atoms with van der Waals surface area (Å²) in [5.41, 5.74) is 7.31. The lowest BCUT2D eigenvalue weighted by molar-refractivity contribution is 0.478. The number of aryl methyl sites for hydroxylation is 1. The van der Waals surface area contributed by atoms with Crippen molar-refractivity contribution in [3.63, 3.8) is 0 Å². The second-order valence-corrected chi connectivity index (χ2v) is 8.12. The highest BCUT2D eigenvalue weighted by atomic mass is 15.3. The fraction of sp³-hybridized carbons (Fsp3) is 0.259. The van der Waals surface area contributed by atoms with Crippen molar-refractivity contribution in [3.05, 3.63) is 95.4 Å². The van der Waals surface area contributed by atoms with Crippen molar-refractivity contribution in [1.29, 1.82) is 0 Å². The first-order chi connectivity index (χ1) is 14.8. The third-order valence-corrected chi connectivity index (χ3v) is 6.20. The molecule has 1 aliphatic rings. The third kappa shape index (κ3) is 3.56. The van der Waals surface area contributed by atoms with Crippen molar-refractivity contribution in [3.8, 4) is 0 Å². The summed E-state index contributed by atoms with van der Waals surface area (Å²) < 4.78 is 2.32. The Hall–Kier alpha value is -3.20. The van der Waals surface area contributed by atoms with Gasteiger partial charge in [-0.2, -0.15) is 5.10 Å². The highest BCUT2D eigenvalue weighted by Crippen LogP contribution is 2.35. The van der Waals surface area contributed by atoms with Crippen LogP contribution in [0.4, 0.5) is 0 Å². The van der Waals surface area contributed by atoms with Crippen molar-refractivity contribution in [1.82, 2.24) is 14.8 Å². The van der Waals surface area contributed by atoms with E-state index in [0.29, 0.717) is 6.04 Å². The average Bonchev–Trinajstić information content (AvgIpc) is 3.46. The lowest BCUT2D eigenvalue weighted by Crippen LogP contribution is -2.06. The van der Waals surface area contributed by atoms with Crippen LogP contribution in [0.3, 0.4) is 0 Å². The molecular formula is C27H27N3. The van der Waals surface area contributed by atoms with Crippen LogP contribution < -0.4 is 0 Å². The number of nitrogens with zero attached hydrogens (tertiary/aromatic N) is 3. The number of aromatic nitrogens is 3. The molecule has 0 N–H and O–H groups in total. The summed E-state index contributed by atoms with van der Waals surface area (Å²) in [6.07, 6.45) is 12.0. The third-order valence-electron chi connectivity index (χ3n) is 6.20. The minimum Gasteiger partial charge on any atom is -0.265 e. The predicted octanol–water partition coefficient (Wildman–Crippen LogP) is 6.70. The molecule has 0 amide bonds. The van der Waals surface area contributed by atoms with Crippen LogP contribution in [-0.4, -0.2) is 14.8 Å². The monoisotopic (exact) mass is 393 g/mol. The Kier molecular flexibility index (Phi) is 5.18. The van der Waals surface area contributed by atoms with Crippen molar-refractivity contribution in [2.45, 2.75) is 45.1 Å². The van der Waals surface area contributed by atoms with Crippen LogP contribution in [0.2, 0.25) is 0 Å². The first-order valence-electron chi connectivity index (χ1n) is 11.0. The van der Waals surface area contributed by atoms with E-state index in [1.54, 1.807) is 0 Å². The van der Waals surface area contributed by atoms with Gasteiger partial charge in [-0.1, -0.05) is 62.2 Å². The maximum absolute atomic E-state index is 5.04. The minimum atomic E-state index is 0.535. The lowest BCUT2D eigenvalue weighted by atomic mass is 9.95. The molecule has 1 aliphatic carbocycles. The fourth-order valence-corrected chi connectivity index (χ4v) is 4.64. The van der Waals surface area contributed by atoms with E-state index in [0.717, 1.165) is 12.0 Å². The number of hydrogen-bond donors (Lipinski definition) is 0. The number of pyridine rings is 1. The van der Waals surface area contributed by atoms with Gasteiger partial charge in [-0.3, -0.25) is 9.67 Å². The maximum atomic E-state index is 5.04. The zero-order valence-corrected chi connectivity index (χ0v) is 17.5. The molecule has 3 nitrogen and oxygen atoms in total. The van der Waals surface area contributed by atoms with Gasteiger partial charge < -0.3 is 0 Å². The van der Waals surface area contributed by atoms with Crippen LogP contribution in [0.15, 0.2) is 73.1 Å². The first kappa shape index (κ1) is 18.8. The summed E-state index contributed by atoms with van der Waals surface area (Å²) in [5.74, 6) is 0. The molecule has 0 unspecified atom stereocenters. The van der Waals surface area contributed by atoms with Gasteiger partial charge in [-0.15, -0.1) is 0 Å². The lowest BCUT2D eigenvalue weighted by Gasteiger charge is -2.13.